The average molecular weight is 268 g/mol. The van der Waals surface area contributed by atoms with E-state index in [-0.39, 0.29) is 5.91 Å². The largest absolute Gasteiger partial charge is 0.342 e. The summed E-state index contributed by atoms with van der Waals surface area (Å²) in [5, 5.41) is 0.535. The second kappa shape index (κ2) is 6.16. The lowest BCUT2D eigenvalue weighted by Gasteiger charge is -2.20. The highest BCUT2D eigenvalue weighted by Crippen LogP contribution is 2.10. The Hall–Kier alpha value is -1.13. The zero-order valence-electron chi connectivity index (χ0n) is 10.6. The molecule has 1 aromatic heterocycles. The molecular formula is C13H18ClN3O. The number of aromatic nitrogens is 1. The van der Waals surface area contributed by atoms with Gasteiger partial charge in [-0.1, -0.05) is 17.7 Å². The van der Waals surface area contributed by atoms with Crippen LogP contribution in [0.4, 0.5) is 0 Å². The third-order valence-corrected chi connectivity index (χ3v) is 3.40. The van der Waals surface area contributed by atoms with Crippen molar-refractivity contribution in [2.75, 3.05) is 26.2 Å². The number of hydrogen-bond acceptors (Lipinski definition) is 3. The Balaban J connectivity index is 1.92. The molecule has 98 valence electrons. The summed E-state index contributed by atoms with van der Waals surface area (Å²) in [6, 6.07) is 5.69. The molecule has 0 radical (unpaired) electrons. The second-order valence-corrected chi connectivity index (χ2v) is 4.97. The third-order valence-electron chi connectivity index (χ3n) is 3.19. The van der Waals surface area contributed by atoms with Crippen molar-refractivity contribution in [2.24, 2.45) is 0 Å². The molecule has 1 saturated heterocycles. The van der Waals surface area contributed by atoms with Gasteiger partial charge >= 0.3 is 0 Å². The molecule has 4 nitrogen and oxygen atoms in total. The van der Waals surface area contributed by atoms with Gasteiger partial charge in [0.1, 0.15) is 5.15 Å². The molecule has 0 spiro atoms. The lowest BCUT2D eigenvalue weighted by atomic mass is 10.3. The standard InChI is InChI=1S/C13H18ClN3O/c1-11(18)17-7-3-6-16(8-9-17)10-12-4-2-5-13(14)15-12/h2,4-5H,3,6-10H2,1H3. The van der Waals surface area contributed by atoms with Crippen molar-refractivity contribution in [3.05, 3.63) is 29.0 Å². The maximum Gasteiger partial charge on any atom is 0.219 e. The van der Waals surface area contributed by atoms with Crippen molar-refractivity contribution in [3.8, 4) is 0 Å². The number of halogens is 1. The van der Waals surface area contributed by atoms with Gasteiger partial charge < -0.3 is 4.90 Å². The molecule has 1 aliphatic rings. The molecule has 0 unspecified atom stereocenters. The van der Waals surface area contributed by atoms with Crippen molar-refractivity contribution < 1.29 is 4.79 Å². The number of pyridine rings is 1. The lowest BCUT2D eigenvalue weighted by Crippen LogP contribution is -2.33. The van der Waals surface area contributed by atoms with Gasteiger partial charge in [-0.2, -0.15) is 0 Å². The van der Waals surface area contributed by atoms with Crippen LogP contribution in [0.5, 0.6) is 0 Å². The summed E-state index contributed by atoms with van der Waals surface area (Å²) in [5.74, 6) is 0.165. The molecule has 0 bridgehead atoms. The van der Waals surface area contributed by atoms with E-state index in [9.17, 15) is 4.79 Å². The Morgan fingerprint density at radius 1 is 1.33 bits per heavy atom. The van der Waals surface area contributed by atoms with E-state index >= 15 is 0 Å². The smallest absolute Gasteiger partial charge is 0.219 e. The Morgan fingerprint density at radius 2 is 2.17 bits per heavy atom. The summed E-state index contributed by atoms with van der Waals surface area (Å²) in [7, 11) is 0. The molecule has 0 aliphatic carbocycles. The van der Waals surface area contributed by atoms with Crippen LogP contribution in [0, 0.1) is 0 Å². The maximum atomic E-state index is 11.3. The van der Waals surface area contributed by atoms with Gasteiger partial charge in [0.2, 0.25) is 5.91 Å². The van der Waals surface area contributed by atoms with Crippen molar-refractivity contribution in [3.63, 3.8) is 0 Å². The van der Waals surface area contributed by atoms with Gasteiger partial charge in [0, 0.05) is 39.6 Å². The van der Waals surface area contributed by atoms with Crippen molar-refractivity contribution in [1.82, 2.24) is 14.8 Å². The Morgan fingerprint density at radius 3 is 2.89 bits per heavy atom. The van der Waals surface area contributed by atoms with Gasteiger partial charge in [-0.05, 0) is 18.6 Å². The van der Waals surface area contributed by atoms with E-state index in [0.29, 0.717) is 5.15 Å². The zero-order valence-corrected chi connectivity index (χ0v) is 11.4. The SMILES string of the molecule is CC(=O)N1CCCN(Cc2cccc(Cl)n2)CC1. The van der Waals surface area contributed by atoms with Gasteiger partial charge in [0.05, 0.1) is 5.69 Å². The normalized spacial score (nSPS) is 17.6. The highest BCUT2D eigenvalue weighted by atomic mass is 35.5. The predicted octanol–water partition coefficient (Wildman–Crippen LogP) is 1.79. The molecule has 5 heteroatoms. The van der Waals surface area contributed by atoms with Crippen LogP contribution >= 0.6 is 11.6 Å². The van der Waals surface area contributed by atoms with E-state index in [2.05, 4.69) is 9.88 Å². The number of nitrogens with zero attached hydrogens (tertiary/aromatic N) is 3. The van der Waals surface area contributed by atoms with Crippen LogP contribution in [-0.4, -0.2) is 46.9 Å². The van der Waals surface area contributed by atoms with E-state index in [1.165, 1.54) is 0 Å². The fraction of sp³-hybridized carbons (Fsp3) is 0.538. The van der Waals surface area contributed by atoms with Crippen LogP contribution in [-0.2, 0) is 11.3 Å². The lowest BCUT2D eigenvalue weighted by molar-refractivity contribution is -0.128. The van der Waals surface area contributed by atoms with Gasteiger partial charge in [-0.25, -0.2) is 4.98 Å². The van der Waals surface area contributed by atoms with Crippen LogP contribution in [0.25, 0.3) is 0 Å². The fourth-order valence-electron chi connectivity index (χ4n) is 2.21. The molecule has 18 heavy (non-hydrogen) atoms. The van der Waals surface area contributed by atoms with Gasteiger partial charge in [-0.15, -0.1) is 0 Å². The first-order chi connectivity index (χ1) is 8.65. The number of rotatable bonds is 2. The first-order valence-corrected chi connectivity index (χ1v) is 6.62. The third kappa shape index (κ3) is 3.68. The van der Waals surface area contributed by atoms with E-state index in [0.717, 1.165) is 44.8 Å². The minimum Gasteiger partial charge on any atom is -0.342 e. The summed E-state index contributed by atoms with van der Waals surface area (Å²) >= 11 is 5.88. The number of carbonyl (C=O) groups is 1. The first kappa shape index (κ1) is 13.3. The second-order valence-electron chi connectivity index (χ2n) is 4.59. The summed E-state index contributed by atoms with van der Waals surface area (Å²) in [6.45, 7) is 5.98. The van der Waals surface area contributed by atoms with E-state index in [1.807, 2.05) is 17.0 Å². The van der Waals surface area contributed by atoms with Crippen LogP contribution in [0.15, 0.2) is 18.2 Å². The molecule has 0 saturated carbocycles. The average Bonchev–Trinajstić information content (AvgIpc) is 2.55. The van der Waals surface area contributed by atoms with Crippen molar-refractivity contribution in [2.45, 2.75) is 19.9 Å². The highest BCUT2D eigenvalue weighted by molar-refractivity contribution is 6.29. The highest BCUT2D eigenvalue weighted by Gasteiger charge is 2.16. The van der Waals surface area contributed by atoms with E-state index in [1.54, 1.807) is 13.0 Å². The molecule has 1 fully saturated rings. The quantitative estimate of drug-likeness (QED) is 0.767. The van der Waals surface area contributed by atoms with Crippen molar-refractivity contribution in [1.29, 1.82) is 0 Å². The monoisotopic (exact) mass is 267 g/mol. The van der Waals surface area contributed by atoms with Gasteiger partial charge in [0.25, 0.3) is 0 Å². The molecule has 1 aliphatic heterocycles. The first-order valence-electron chi connectivity index (χ1n) is 6.24. The van der Waals surface area contributed by atoms with Crippen LogP contribution in [0.2, 0.25) is 5.15 Å². The van der Waals surface area contributed by atoms with E-state index in [4.69, 9.17) is 11.6 Å². The van der Waals surface area contributed by atoms with Crippen LogP contribution in [0.3, 0.4) is 0 Å². The number of amides is 1. The maximum absolute atomic E-state index is 11.3. The summed E-state index contributed by atoms with van der Waals surface area (Å²) < 4.78 is 0. The zero-order chi connectivity index (χ0) is 13.0. The molecule has 0 N–H and O–H groups in total. The molecule has 2 heterocycles. The Kier molecular flexibility index (Phi) is 4.55. The minimum absolute atomic E-state index is 0.165. The summed E-state index contributed by atoms with van der Waals surface area (Å²) in [5.41, 5.74) is 0.985. The molecular weight excluding hydrogens is 250 g/mol. The van der Waals surface area contributed by atoms with Crippen LogP contribution in [0.1, 0.15) is 19.0 Å². The summed E-state index contributed by atoms with van der Waals surface area (Å²) in [4.78, 5) is 19.9. The Bertz CT molecular complexity index is 424. The number of hydrogen-bond donors (Lipinski definition) is 0. The number of carbonyl (C=O) groups excluding carboxylic acids is 1. The van der Waals surface area contributed by atoms with E-state index < -0.39 is 0 Å². The molecule has 1 aromatic rings. The van der Waals surface area contributed by atoms with Crippen molar-refractivity contribution >= 4 is 17.5 Å². The topological polar surface area (TPSA) is 36.4 Å². The predicted molar refractivity (Wildman–Crippen MR) is 71.4 cm³/mol. The van der Waals surface area contributed by atoms with Crippen LogP contribution < -0.4 is 0 Å². The van der Waals surface area contributed by atoms with Gasteiger partial charge in [0.15, 0.2) is 0 Å². The van der Waals surface area contributed by atoms with Gasteiger partial charge in [-0.3, -0.25) is 9.69 Å². The molecule has 2 rings (SSSR count). The Labute approximate surface area is 113 Å². The molecule has 0 atom stereocenters. The minimum atomic E-state index is 0.165. The fourth-order valence-corrected chi connectivity index (χ4v) is 2.39. The molecule has 1 amide bonds. The molecule has 0 aromatic carbocycles. The summed E-state index contributed by atoms with van der Waals surface area (Å²) in [6.07, 6.45) is 1.01.